The molecule has 0 spiro atoms. The zero-order valence-electron chi connectivity index (χ0n) is 10.9. The summed E-state index contributed by atoms with van der Waals surface area (Å²) in [4.78, 5) is 22.2. The second-order valence-corrected chi connectivity index (χ2v) is 3.97. The highest BCUT2D eigenvalue weighted by Gasteiger charge is 2.31. The van der Waals surface area contributed by atoms with E-state index in [4.69, 9.17) is 5.11 Å². The number of benzene rings is 1. The maximum Gasteiger partial charge on any atom is 0.573 e. The van der Waals surface area contributed by atoms with Crippen LogP contribution in [0.3, 0.4) is 0 Å². The van der Waals surface area contributed by atoms with Gasteiger partial charge >= 0.3 is 18.4 Å². The van der Waals surface area contributed by atoms with Crippen LogP contribution in [0.4, 0.5) is 23.7 Å². The summed E-state index contributed by atoms with van der Waals surface area (Å²) < 4.78 is 39.5. The fourth-order valence-electron chi connectivity index (χ4n) is 1.40. The summed E-state index contributed by atoms with van der Waals surface area (Å²) in [6.07, 6.45) is -4.59. The van der Waals surface area contributed by atoms with E-state index < -0.39 is 30.2 Å². The quantitative estimate of drug-likeness (QED) is 0.780. The van der Waals surface area contributed by atoms with Gasteiger partial charge in [0.1, 0.15) is 11.8 Å². The summed E-state index contributed by atoms with van der Waals surface area (Å²) in [5.41, 5.74) is 0.197. The smallest absolute Gasteiger partial charge is 0.480 e. The molecular weight excluding hydrogens is 293 g/mol. The lowest BCUT2D eigenvalue weighted by molar-refractivity contribution is -0.274. The molecule has 2 amide bonds. The number of halogens is 3. The number of nitrogens with one attached hydrogen (secondary N) is 2. The van der Waals surface area contributed by atoms with Gasteiger partial charge in [0.05, 0.1) is 0 Å². The van der Waals surface area contributed by atoms with Gasteiger partial charge in [-0.15, -0.1) is 13.2 Å². The van der Waals surface area contributed by atoms with E-state index in [2.05, 4.69) is 15.4 Å². The highest BCUT2D eigenvalue weighted by atomic mass is 19.4. The summed E-state index contributed by atoms with van der Waals surface area (Å²) in [5.74, 6) is -1.60. The van der Waals surface area contributed by atoms with Crippen LogP contribution in [0, 0.1) is 0 Å². The number of amides is 2. The molecule has 6 nitrogen and oxygen atoms in total. The van der Waals surface area contributed by atoms with E-state index in [0.717, 1.165) is 12.1 Å². The zero-order chi connectivity index (χ0) is 16.0. The number of aliphatic carboxylic acids is 1. The van der Waals surface area contributed by atoms with E-state index in [1.54, 1.807) is 6.92 Å². The van der Waals surface area contributed by atoms with Gasteiger partial charge in [0, 0.05) is 5.69 Å². The number of carbonyl (C=O) groups is 2. The number of carboxylic acids is 1. The Bertz CT molecular complexity index is 502. The molecule has 1 aromatic rings. The van der Waals surface area contributed by atoms with Gasteiger partial charge in [-0.3, -0.25) is 0 Å². The highest BCUT2D eigenvalue weighted by molar-refractivity contribution is 5.92. The molecule has 3 N–H and O–H groups in total. The Hall–Kier alpha value is -2.45. The molecule has 0 aliphatic carbocycles. The summed E-state index contributed by atoms with van der Waals surface area (Å²) in [7, 11) is 0. The standard InChI is InChI=1S/C12H13F3N2O4/c1-2-9(10(18)19)17-11(20)16-7-3-5-8(6-4-7)21-12(13,14)15/h3-6,9H,2H2,1H3,(H,18,19)(H2,16,17,20)/t9-/m0/s1. The van der Waals surface area contributed by atoms with Crippen molar-refractivity contribution in [2.45, 2.75) is 25.7 Å². The van der Waals surface area contributed by atoms with E-state index in [-0.39, 0.29) is 12.1 Å². The number of rotatable bonds is 5. The van der Waals surface area contributed by atoms with Crippen molar-refractivity contribution in [3.8, 4) is 5.75 Å². The Morgan fingerprint density at radius 2 is 1.86 bits per heavy atom. The van der Waals surface area contributed by atoms with Crippen molar-refractivity contribution in [2.75, 3.05) is 5.32 Å². The molecule has 21 heavy (non-hydrogen) atoms. The van der Waals surface area contributed by atoms with Crippen LogP contribution < -0.4 is 15.4 Å². The van der Waals surface area contributed by atoms with E-state index >= 15 is 0 Å². The van der Waals surface area contributed by atoms with Crippen molar-refractivity contribution >= 4 is 17.7 Å². The molecule has 0 fully saturated rings. The predicted octanol–water partition coefficient (Wildman–Crippen LogP) is 2.57. The summed E-state index contributed by atoms with van der Waals surface area (Å²) >= 11 is 0. The number of urea groups is 1. The number of ether oxygens (including phenoxy) is 1. The first-order valence-corrected chi connectivity index (χ1v) is 5.87. The SMILES string of the molecule is CC[C@H](NC(=O)Nc1ccc(OC(F)(F)F)cc1)C(=O)O. The first-order chi connectivity index (χ1) is 9.71. The maximum absolute atomic E-state index is 12.0. The van der Waals surface area contributed by atoms with Crippen molar-refractivity contribution in [1.29, 1.82) is 0 Å². The van der Waals surface area contributed by atoms with Crippen LogP contribution >= 0.6 is 0 Å². The molecule has 1 aromatic carbocycles. The van der Waals surface area contributed by atoms with Crippen molar-refractivity contribution in [2.24, 2.45) is 0 Å². The van der Waals surface area contributed by atoms with E-state index in [1.807, 2.05) is 0 Å². The fraction of sp³-hybridized carbons (Fsp3) is 0.333. The molecule has 1 atom stereocenters. The van der Waals surface area contributed by atoms with Crippen LogP contribution in [0.25, 0.3) is 0 Å². The van der Waals surface area contributed by atoms with Gasteiger partial charge in [-0.1, -0.05) is 6.92 Å². The van der Waals surface area contributed by atoms with Gasteiger partial charge in [0.15, 0.2) is 0 Å². The molecule has 0 aliphatic heterocycles. The van der Waals surface area contributed by atoms with Gasteiger partial charge in [-0.25, -0.2) is 9.59 Å². The lowest BCUT2D eigenvalue weighted by Gasteiger charge is -2.13. The molecule has 0 aromatic heterocycles. The monoisotopic (exact) mass is 306 g/mol. The largest absolute Gasteiger partial charge is 0.573 e. The van der Waals surface area contributed by atoms with Crippen LogP contribution in [0.15, 0.2) is 24.3 Å². The molecule has 0 heterocycles. The minimum absolute atomic E-state index is 0.196. The topological polar surface area (TPSA) is 87.7 Å². The average Bonchev–Trinajstić information content (AvgIpc) is 2.36. The summed E-state index contributed by atoms with van der Waals surface area (Å²) in [5, 5.41) is 13.3. The predicted molar refractivity (Wildman–Crippen MR) is 67.0 cm³/mol. The third-order valence-corrected chi connectivity index (χ3v) is 2.36. The second-order valence-electron chi connectivity index (χ2n) is 3.97. The normalized spacial score (nSPS) is 12.4. The van der Waals surface area contributed by atoms with Crippen LogP contribution in [-0.4, -0.2) is 29.5 Å². The van der Waals surface area contributed by atoms with Gasteiger partial charge in [0.25, 0.3) is 0 Å². The molecule has 9 heteroatoms. The number of carbonyl (C=O) groups excluding carboxylic acids is 1. The van der Waals surface area contributed by atoms with E-state index in [0.29, 0.717) is 0 Å². The summed E-state index contributed by atoms with van der Waals surface area (Å²) in [6, 6.07) is 2.63. The number of alkyl halides is 3. The molecule has 116 valence electrons. The zero-order valence-corrected chi connectivity index (χ0v) is 10.9. The van der Waals surface area contributed by atoms with Gasteiger partial charge in [-0.2, -0.15) is 0 Å². The van der Waals surface area contributed by atoms with E-state index in [1.165, 1.54) is 12.1 Å². The van der Waals surface area contributed by atoms with Gasteiger partial charge in [-0.05, 0) is 30.7 Å². The first kappa shape index (κ1) is 16.6. The molecule has 1 rings (SSSR count). The van der Waals surface area contributed by atoms with Crippen LogP contribution in [-0.2, 0) is 4.79 Å². The van der Waals surface area contributed by atoms with Gasteiger partial charge in [0.2, 0.25) is 0 Å². The van der Waals surface area contributed by atoms with Crippen LogP contribution in [0.5, 0.6) is 5.75 Å². The highest BCUT2D eigenvalue weighted by Crippen LogP contribution is 2.23. The number of carboxylic acid groups (broad SMARTS) is 1. The molecule has 0 bridgehead atoms. The second kappa shape index (κ2) is 6.82. The molecule has 0 saturated carbocycles. The Morgan fingerprint density at radius 1 is 1.29 bits per heavy atom. The van der Waals surface area contributed by atoms with E-state index in [9.17, 15) is 22.8 Å². The number of hydrogen-bond donors (Lipinski definition) is 3. The minimum atomic E-state index is -4.79. The van der Waals surface area contributed by atoms with Crippen molar-refractivity contribution < 1.29 is 32.6 Å². The molecule has 0 radical (unpaired) electrons. The number of hydrogen-bond acceptors (Lipinski definition) is 3. The Balaban J connectivity index is 2.59. The lowest BCUT2D eigenvalue weighted by atomic mass is 10.2. The van der Waals surface area contributed by atoms with Crippen molar-refractivity contribution in [3.63, 3.8) is 0 Å². The molecule has 0 saturated heterocycles. The third-order valence-electron chi connectivity index (χ3n) is 2.36. The maximum atomic E-state index is 12.0. The lowest BCUT2D eigenvalue weighted by Crippen LogP contribution is -2.42. The number of anilines is 1. The van der Waals surface area contributed by atoms with Crippen LogP contribution in [0.1, 0.15) is 13.3 Å². The Morgan fingerprint density at radius 3 is 2.29 bits per heavy atom. The molecule has 0 aliphatic rings. The minimum Gasteiger partial charge on any atom is -0.480 e. The third kappa shape index (κ3) is 6.02. The Kier molecular flexibility index (Phi) is 5.39. The average molecular weight is 306 g/mol. The van der Waals surface area contributed by atoms with Gasteiger partial charge < -0.3 is 20.5 Å². The molecule has 0 unspecified atom stereocenters. The molecular formula is C12H13F3N2O4. The summed E-state index contributed by atoms with van der Waals surface area (Å²) in [6.45, 7) is 1.59. The first-order valence-electron chi connectivity index (χ1n) is 5.87. The van der Waals surface area contributed by atoms with Crippen LogP contribution in [0.2, 0.25) is 0 Å². The Labute approximate surface area is 117 Å². The fourth-order valence-corrected chi connectivity index (χ4v) is 1.40. The van der Waals surface area contributed by atoms with Crippen molar-refractivity contribution in [1.82, 2.24) is 5.32 Å². The van der Waals surface area contributed by atoms with Crippen molar-refractivity contribution in [3.05, 3.63) is 24.3 Å².